The average molecular weight is 1500 g/mol. The molecule has 0 aromatic carbocycles. The number of phosphoric ester groups is 2. The Bertz CT molecular complexity index is 2490. The van der Waals surface area contributed by atoms with Crippen molar-refractivity contribution in [3.8, 4) is 0 Å². The highest BCUT2D eigenvalue weighted by Crippen LogP contribution is 2.45. The van der Waals surface area contributed by atoms with Gasteiger partial charge in [0.1, 0.15) is 19.3 Å². The maximum absolute atomic E-state index is 13.1. The van der Waals surface area contributed by atoms with Gasteiger partial charge in [0.2, 0.25) is 0 Å². The number of esters is 4. The van der Waals surface area contributed by atoms with E-state index in [0.717, 1.165) is 161 Å². The third-order valence-corrected chi connectivity index (χ3v) is 18.5. The first-order valence-electron chi connectivity index (χ1n) is 40.4. The summed E-state index contributed by atoms with van der Waals surface area (Å²) in [4.78, 5) is 73.0. The first kappa shape index (κ1) is 99.2. The monoisotopic (exact) mass is 1500 g/mol. The molecule has 0 aromatic rings. The van der Waals surface area contributed by atoms with Crippen LogP contribution < -0.4 is 0 Å². The van der Waals surface area contributed by atoms with Gasteiger partial charge < -0.3 is 33.8 Å². The molecule has 5 unspecified atom stereocenters. The number of ether oxygens (including phenoxy) is 4. The second-order valence-electron chi connectivity index (χ2n) is 26.6. The lowest BCUT2D eigenvalue weighted by molar-refractivity contribution is -0.161. The van der Waals surface area contributed by atoms with Crippen LogP contribution in [0.4, 0.5) is 0 Å². The van der Waals surface area contributed by atoms with E-state index in [0.29, 0.717) is 32.1 Å². The SMILES string of the molecule is CC/C=C\C/C=C\C/C=C\C/C=C\C/C=C\C/C=C\CCC(=O)OCC(COP(=O)(O)OCC(O)COP(=O)(O)OCC(COC(=O)CCCCCCCC/C=C\C/C=C\C/C=C\C/C=C\CC)OC(=O)CCCCCCCCCCCCCCC)OC(=O)CCCCCCC/C=C\CCCCCC. The van der Waals surface area contributed by atoms with Gasteiger partial charge in [-0.15, -0.1) is 0 Å². The maximum atomic E-state index is 13.1. The number of hydrogen-bond acceptors (Lipinski definition) is 15. The molecule has 0 heterocycles. The molecule has 0 aliphatic heterocycles. The van der Waals surface area contributed by atoms with Crippen molar-refractivity contribution in [1.29, 1.82) is 0 Å². The van der Waals surface area contributed by atoms with Crippen LogP contribution in [0.5, 0.6) is 0 Å². The van der Waals surface area contributed by atoms with Gasteiger partial charge in [0.25, 0.3) is 0 Å². The number of aliphatic hydroxyl groups is 1. The van der Waals surface area contributed by atoms with Crippen LogP contribution in [0.1, 0.15) is 323 Å². The number of carbonyl (C=O) groups is 4. The van der Waals surface area contributed by atoms with Crippen molar-refractivity contribution in [2.75, 3.05) is 39.6 Å². The Morgan fingerprint density at radius 3 is 0.846 bits per heavy atom. The fourth-order valence-corrected chi connectivity index (χ4v) is 12.1. The third-order valence-electron chi connectivity index (χ3n) is 16.6. The van der Waals surface area contributed by atoms with Gasteiger partial charge in [0.05, 0.1) is 26.4 Å². The molecule has 0 aromatic heterocycles. The summed E-state index contributed by atoms with van der Waals surface area (Å²) in [5, 5.41) is 10.6. The minimum Gasteiger partial charge on any atom is -0.462 e. The molecule has 596 valence electrons. The maximum Gasteiger partial charge on any atom is 0.472 e. The predicted molar refractivity (Wildman–Crippen MR) is 427 cm³/mol. The van der Waals surface area contributed by atoms with Gasteiger partial charge in [0, 0.05) is 25.7 Å². The van der Waals surface area contributed by atoms with Crippen LogP contribution in [0, 0.1) is 0 Å². The number of hydrogen-bond donors (Lipinski definition) is 3. The average Bonchev–Trinajstić information content (AvgIpc) is 0.913. The first-order valence-corrected chi connectivity index (χ1v) is 43.4. The van der Waals surface area contributed by atoms with Crippen LogP contribution >= 0.6 is 15.6 Å². The number of allylic oxidation sites excluding steroid dienone is 22. The Hall–Kier alpha value is -4.80. The molecule has 0 fully saturated rings. The Labute approximate surface area is 631 Å². The zero-order valence-corrected chi connectivity index (χ0v) is 66.9. The number of phosphoric acid groups is 2. The van der Waals surface area contributed by atoms with E-state index in [2.05, 4.69) is 143 Å². The zero-order chi connectivity index (χ0) is 76.0. The van der Waals surface area contributed by atoms with E-state index in [1.54, 1.807) is 0 Å². The van der Waals surface area contributed by atoms with E-state index in [1.807, 2.05) is 18.2 Å². The highest BCUT2D eigenvalue weighted by atomic mass is 31.2. The topological polar surface area (TPSA) is 237 Å². The van der Waals surface area contributed by atoms with E-state index in [1.165, 1.54) is 77.0 Å². The van der Waals surface area contributed by atoms with Crippen molar-refractivity contribution in [3.63, 3.8) is 0 Å². The highest BCUT2D eigenvalue weighted by molar-refractivity contribution is 7.47. The van der Waals surface area contributed by atoms with Crippen molar-refractivity contribution in [2.24, 2.45) is 0 Å². The predicted octanol–water partition coefficient (Wildman–Crippen LogP) is 23.7. The van der Waals surface area contributed by atoms with Gasteiger partial charge in [0.15, 0.2) is 12.2 Å². The lowest BCUT2D eigenvalue weighted by atomic mass is 10.0. The van der Waals surface area contributed by atoms with E-state index in [4.69, 9.17) is 37.0 Å². The standard InChI is InChI=1S/C85H144O17P2/c1-5-9-13-17-21-25-29-33-35-37-39-41-43-47-49-53-57-61-65-69-82(87)95-75-80(101-84(89)71-67-63-59-55-51-45-31-27-23-19-15-11-7-3)77-99-103(91,92)97-73-79(86)74-98-104(93,94)100-78-81(102-85(90)72-68-64-60-56-52-46-32-28-24-20-16-12-8-4)76-96-83(88)70-66-62-58-54-50-48-44-42-40-38-36-34-30-26-22-18-14-10-6-2/h9-10,13-14,21-22,25-27,31,33-36,39-42,47,49,57,61,79-81,86H,5-8,11-12,15-20,23-24,28-30,32,37-38,43-46,48,50-56,58-60,62-78H2,1-4H3,(H,91,92)(H,93,94)/b13-9-,14-10-,25-21-,26-22-,31-27-,35-33-,36-34-,41-39-,42-40-,49-47-,61-57-. The van der Waals surface area contributed by atoms with Crippen molar-refractivity contribution in [2.45, 2.75) is 341 Å². The summed E-state index contributed by atoms with van der Waals surface area (Å²) in [6.07, 6.45) is 85.8. The van der Waals surface area contributed by atoms with Crippen LogP contribution in [0.25, 0.3) is 0 Å². The summed E-state index contributed by atoms with van der Waals surface area (Å²) in [6.45, 7) is 4.54. The smallest absolute Gasteiger partial charge is 0.462 e. The number of aliphatic hydroxyl groups excluding tert-OH is 1. The Morgan fingerprint density at radius 1 is 0.279 bits per heavy atom. The molecule has 17 nitrogen and oxygen atoms in total. The van der Waals surface area contributed by atoms with Crippen molar-refractivity contribution in [3.05, 3.63) is 134 Å². The molecule has 0 spiro atoms. The van der Waals surface area contributed by atoms with Crippen LogP contribution in [-0.4, -0.2) is 96.7 Å². The van der Waals surface area contributed by atoms with Gasteiger partial charge in [-0.25, -0.2) is 9.13 Å². The highest BCUT2D eigenvalue weighted by Gasteiger charge is 2.30. The van der Waals surface area contributed by atoms with E-state index < -0.39 is 97.5 Å². The van der Waals surface area contributed by atoms with E-state index >= 15 is 0 Å². The van der Waals surface area contributed by atoms with Gasteiger partial charge in [-0.2, -0.15) is 0 Å². The summed E-state index contributed by atoms with van der Waals surface area (Å²) in [7, 11) is -9.98. The van der Waals surface area contributed by atoms with Crippen LogP contribution in [0.3, 0.4) is 0 Å². The van der Waals surface area contributed by atoms with Gasteiger partial charge in [-0.05, 0) is 128 Å². The molecule has 19 heteroatoms. The Morgan fingerprint density at radius 2 is 0.519 bits per heavy atom. The summed E-state index contributed by atoms with van der Waals surface area (Å²) in [5.74, 6) is -2.29. The first-order chi connectivity index (χ1) is 50.7. The summed E-state index contributed by atoms with van der Waals surface area (Å²) >= 11 is 0. The lowest BCUT2D eigenvalue weighted by Gasteiger charge is -2.21. The molecule has 104 heavy (non-hydrogen) atoms. The van der Waals surface area contributed by atoms with Gasteiger partial charge in [-0.1, -0.05) is 303 Å². The summed E-state index contributed by atoms with van der Waals surface area (Å²) in [5.41, 5.74) is 0. The summed E-state index contributed by atoms with van der Waals surface area (Å²) in [6, 6.07) is 0. The largest absolute Gasteiger partial charge is 0.472 e. The van der Waals surface area contributed by atoms with Crippen molar-refractivity contribution >= 4 is 39.5 Å². The normalized spacial score (nSPS) is 14.6. The molecule has 0 aliphatic rings. The van der Waals surface area contributed by atoms with E-state index in [9.17, 15) is 43.2 Å². The second-order valence-corrected chi connectivity index (χ2v) is 29.5. The number of unbranched alkanes of at least 4 members (excludes halogenated alkanes) is 27. The molecule has 0 rings (SSSR count). The number of rotatable bonds is 75. The van der Waals surface area contributed by atoms with Gasteiger partial charge >= 0.3 is 39.5 Å². The van der Waals surface area contributed by atoms with E-state index in [-0.39, 0.29) is 25.7 Å². The molecular formula is C85H144O17P2. The molecule has 3 N–H and O–H groups in total. The lowest BCUT2D eigenvalue weighted by Crippen LogP contribution is -2.30. The van der Waals surface area contributed by atoms with Crippen molar-refractivity contribution in [1.82, 2.24) is 0 Å². The van der Waals surface area contributed by atoms with Crippen LogP contribution in [0.2, 0.25) is 0 Å². The molecule has 0 saturated heterocycles. The molecule has 0 amide bonds. The van der Waals surface area contributed by atoms with Crippen LogP contribution in [-0.2, 0) is 65.4 Å². The quantitative estimate of drug-likeness (QED) is 0.0169. The minimum absolute atomic E-state index is 0.0327. The third kappa shape index (κ3) is 75.4. The Balaban J connectivity index is 5.40. The molecular weight excluding hydrogens is 1350 g/mol. The second kappa shape index (κ2) is 76.4. The molecule has 0 saturated carbocycles. The Kier molecular flexibility index (Phi) is 72.9. The fraction of sp³-hybridized carbons (Fsp3) is 0.694. The minimum atomic E-state index is -5.00. The number of carbonyl (C=O) groups excluding carboxylic acids is 4. The molecule has 0 bridgehead atoms. The van der Waals surface area contributed by atoms with Crippen LogP contribution in [0.15, 0.2) is 134 Å². The van der Waals surface area contributed by atoms with Crippen molar-refractivity contribution < 1.29 is 80.2 Å². The summed E-state index contributed by atoms with van der Waals surface area (Å²) < 4.78 is 68.5. The molecule has 0 radical (unpaired) electrons. The zero-order valence-electron chi connectivity index (χ0n) is 65.2. The molecule has 5 atom stereocenters. The molecule has 0 aliphatic carbocycles. The van der Waals surface area contributed by atoms with Gasteiger partial charge in [-0.3, -0.25) is 37.3 Å². The fourth-order valence-electron chi connectivity index (χ4n) is 10.5.